The number of benzene rings is 4. The summed E-state index contributed by atoms with van der Waals surface area (Å²) in [6.45, 7) is 30.5. The van der Waals surface area contributed by atoms with Gasteiger partial charge in [0.1, 0.15) is 0 Å². The van der Waals surface area contributed by atoms with Gasteiger partial charge in [0.2, 0.25) is 0 Å². The molecule has 258 valence electrons. The minimum Gasteiger partial charge on any atom is -0.0991 e. The molecule has 0 heteroatoms. The lowest BCUT2D eigenvalue weighted by atomic mass is 9.68. The van der Waals surface area contributed by atoms with Crippen molar-refractivity contribution in [3.05, 3.63) is 186 Å². The zero-order valence-electron chi connectivity index (χ0n) is 31.7. The molecule has 0 heterocycles. The average molecular weight is 667 g/mol. The number of aryl methyl sites for hydroxylation is 1. The summed E-state index contributed by atoms with van der Waals surface area (Å²) in [4.78, 5) is 0. The van der Waals surface area contributed by atoms with E-state index in [0.29, 0.717) is 5.92 Å². The fourth-order valence-electron chi connectivity index (χ4n) is 7.66. The molecule has 2 unspecified atom stereocenters. The Morgan fingerprint density at radius 1 is 0.863 bits per heavy atom. The van der Waals surface area contributed by atoms with Crippen LogP contribution in [0.4, 0.5) is 0 Å². The van der Waals surface area contributed by atoms with E-state index in [1.165, 1.54) is 71.7 Å². The van der Waals surface area contributed by atoms with Gasteiger partial charge < -0.3 is 0 Å². The standard InChI is InChI=1S/C51H54/c1-11-18-19-23-45-43(21-12-2)50(47-32-31-41(35(9)14-4)49-36(10)22-20-24-44(47)49)39(16-6)40(17-7)51(45)46-30-28-38-27-26-37(15-5)33-48(38)42(46)29-25-34(8)13-3/h11-12,14-18,20-22,24-34,45H,2,5-7,13,19,23H2,1,3-4,8-10H3/b18-11?,29-25-,35-14+,43-21+. The Kier molecular flexibility index (Phi) is 12.1. The van der Waals surface area contributed by atoms with Crippen molar-refractivity contribution < 1.29 is 0 Å². The number of rotatable bonds is 13. The predicted octanol–water partition coefficient (Wildman–Crippen LogP) is 15.1. The van der Waals surface area contributed by atoms with Gasteiger partial charge >= 0.3 is 0 Å². The molecule has 0 saturated carbocycles. The van der Waals surface area contributed by atoms with Crippen LogP contribution in [0.15, 0.2) is 152 Å². The highest BCUT2D eigenvalue weighted by molar-refractivity contribution is 6.09. The maximum atomic E-state index is 4.49. The van der Waals surface area contributed by atoms with Crippen molar-refractivity contribution in [2.75, 3.05) is 0 Å². The third-order valence-electron chi connectivity index (χ3n) is 10.7. The van der Waals surface area contributed by atoms with Crippen LogP contribution in [-0.2, 0) is 0 Å². The summed E-state index contributed by atoms with van der Waals surface area (Å²) in [5.74, 6) is 0.538. The largest absolute Gasteiger partial charge is 0.0991 e. The zero-order valence-corrected chi connectivity index (χ0v) is 31.7. The molecule has 4 aromatic carbocycles. The van der Waals surface area contributed by atoms with Crippen molar-refractivity contribution in [1.29, 1.82) is 0 Å². The molecule has 0 N–H and O–H groups in total. The maximum Gasteiger partial charge on any atom is 0.0111 e. The lowest BCUT2D eigenvalue weighted by molar-refractivity contribution is 0.701. The normalized spacial score (nSPS) is 16.9. The first kappa shape index (κ1) is 37.1. The van der Waals surface area contributed by atoms with Gasteiger partial charge in [0.05, 0.1) is 0 Å². The summed E-state index contributed by atoms with van der Waals surface area (Å²) in [7, 11) is 0. The summed E-state index contributed by atoms with van der Waals surface area (Å²) in [5, 5.41) is 4.99. The number of allylic oxidation sites excluding steroid dienone is 14. The second-order valence-electron chi connectivity index (χ2n) is 13.7. The minimum absolute atomic E-state index is 0.0819. The van der Waals surface area contributed by atoms with Gasteiger partial charge in [-0.15, -0.1) is 0 Å². The fraction of sp³-hybridized carbons (Fsp3) is 0.216. The molecule has 0 aromatic heterocycles. The van der Waals surface area contributed by atoms with Gasteiger partial charge in [-0.05, 0) is 141 Å². The van der Waals surface area contributed by atoms with Crippen molar-refractivity contribution in [3.63, 3.8) is 0 Å². The van der Waals surface area contributed by atoms with Gasteiger partial charge in [0, 0.05) is 5.92 Å². The summed E-state index contributed by atoms with van der Waals surface area (Å²) >= 11 is 0. The molecule has 0 nitrogen and oxygen atoms in total. The van der Waals surface area contributed by atoms with Crippen LogP contribution in [0.3, 0.4) is 0 Å². The van der Waals surface area contributed by atoms with Gasteiger partial charge in [-0.1, -0.05) is 162 Å². The van der Waals surface area contributed by atoms with E-state index in [1.54, 1.807) is 0 Å². The number of hydrogen-bond donors (Lipinski definition) is 0. The lowest BCUT2D eigenvalue weighted by Crippen LogP contribution is -2.18. The molecule has 5 rings (SSSR count). The van der Waals surface area contributed by atoms with Gasteiger partial charge in [0.15, 0.2) is 0 Å². The van der Waals surface area contributed by atoms with Crippen LogP contribution in [0, 0.1) is 18.8 Å². The summed E-state index contributed by atoms with van der Waals surface area (Å²) in [6.07, 6.45) is 24.6. The Morgan fingerprint density at radius 3 is 2.27 bits per heavy atom. The third-order valence-corrected chi connectivity index (χ3v) is 10.7. The smallest absolute Gasteiger partial charge is 0.0111 e. The molecular formula is C51H54. The highest BCUT2D eigenvalue weighted by atomic mass is 14.4. The quantitative estimate of drug-likeness (QED) is 0.125. The average Bonchev–Trinajstić information content (AvgIpc) is 3.16. The Balaban J connectivity index is 1.98. The zero-order chi connectivity index (χ0) is 36.7. The van der Waals surface area contributed by atoms with Crippen LogP contribution >= 0.6 is 0 Å². The van der Waals surface area contributed by atoms with Gasteiger partial charge in [-0.2, -0.15) is 0 Å². The van der Waals surface area contributed by atoms with Gasteiger partial charge in [0.25, 0.3) is 0 Å². The molecule has 0 spiro atoms. The van der Waals surface area contributed by atoms with E-state index in [1.807, 2.05) is 18.2 Å². The molecule has 0 amide bonds. The molecule has 1 aliphatic carbocycles. The van der Waals surface area contributed by atoms with E-state index >= 15 is 0 Å². The van der Waals surface area contributed by atoms with Crippen LogP contribution in [0.25, 0.3) is 50.4 Å². The molecule has 51 heavy (non-hydrogen) atoms. The van der Waals surface area contributed by atoms with Crippen molar-refractivity contribution in [2.45, 2.75) is 60.8 Å². The van der Waals surface area contributed by atoms with Crippen molar-refractivity contribution in [3.8, 4) is 0 Å². The minimum atomic E-state index is 0.0819. The Labute approximate surface area is 307 Å². The third kappa shape index (κ3) is 7.19. The number of hydrogen-bond acceptors (Lipinski definition) is 0. The molecule has 0 saturated heterocycles. The molecular weight excluding hydrogens is 613 g/mol. The summed E-state index contributed by atoms with van der Waals surface area (Å²) < 4.78 is 0. The second-order valence-corrected chi connectivity index (χ2v) is 13.7. The number of fused-ring (bicyclic) bond motifs is 2. The van der Waals surface area contributed by atoms with E-state index in [4.69, 9.17) is 0 Å². The van der Waals surface area contributed by atoms with Crippen LogP contribution in [0.5, 0.6) is 0 Å². The Morgan fingerprint density at radius 2 is 1.61 bits per heavy atom. The molecule has 2 atom stereocenters. The molecule has 0 aliphatic heterocycles. The van der Waals surface area contributed by atoms with E-state index in [2.05, 4.69) is 171 Å². The lowest BCUT2D eigenvalue weighted by Gasteiger charge is -2.35. The SMILES string of the molecule is C=C/C=C1/C(c2ccc(/C(C)=C/C)c3c(C)cccc23)=C(C=C)C(C=C)=C(c2ccc3ccc(C=C)cc3c2/C=C\C(C)CC)C1CCC=CC. The second kappa shape index (κ2) is 16.7. The van der Waals surface area contributed by atoms with Crippen LogP contribution < -0.4 is 0 Å². The first-order valence-corrected chi connectivity index (χ1v) is 18.5. The summed E-state index contributed by atoms with van der Waals surface area (Å²) in [5.41, 5.74) is 14.6. The van der Waals surface area contributed by atoms with E-state index in [-0.39, 0.29) is 5.92 Å². The van der Waals surface area contributed by atoms with Gasteiger partial charge in [-0.25, -0.2) is 0 Å². The highest BCUT2D eigenvalue weighted by Crippen LogP contribution is 2.52. The monoisotopic (exact) mass is 666 g/mol. The Bertz CT molecular complexity index is 2200. The van der Waals surface area contributed by atoms with E-state index in [0.717, 1.165) is 36.0 Å². The molecule has 1 aliphatic rings. The van der Waals surface area contributed by atoms with E-state index < -0.39 is 0 Å². The van der Waals surface area contributed by atoms with Crippen molar-refractivity contribution in [2.24, 2.45) is 11.8 Å². The molecule has 0 bridgehead atoms. The maximum absolute atomic E-state index is 4.49. The highest BCUT2D eigenvalue weighted by Gasteiger charge is 2.34. The van der Waals surface area contributed by atoms with Gasteiger partial charge in [-0.3, -0.25) is 0 Å². The first-order chi connectivity index (χ1) is 24.8. The van der Waals surface area contributed by atoms with E-state index in [9.17, 15) is 0 Å². The van der Waals surface area contributed by atoms with Crippen molar-refractivity contribution in [1.82, 2.24) is 0 Å². The fourth-order valence-corrected chi connectivity index (χ4v) is 7.66. The van der Waals surface area contributed by atoms with Crippen molar-refractivity contribution >= 4 is 50.4 Å². The topological polar surface area (TPSA) is 0 Å². The Hall–Kier alpha value is -5.20. The predicted molar refractivity (Wildman–Crippen MR) is 231 cm³/mol. The van der Waals surface area contributed by atoms with Crippen LogP contribution in [0.2, 0.25) is 0 Å². The van der Waals surface area contributed by atoms with Crippen LogP contribution in [0.1, 0.15) is 87.3 Å². The molecule has 4 aromatic rings. The first-order valence-electron chi connectivity index (χ1n) is 18.5. The van der Waals surface area contributed by atoms with Crippen LogP contribution in [-0.4, -0.2) is 0 Å². The molecule has 0 radical (unpaired) electrons. The summed E-state index contributed by atoms with van der Waals surface area (Å²) in [6, 6.07) is 22.6. The molecule has 0 fully saturated rings.